The van der Waals surface area contributed by atoms with E-state index in [0.29, 0.717) is 17.0 Å². The molecule has 23 heavy (non-hydrogen) atoms. The van der Waals surface area contributed by atoms with Crippen molar-refractivity contribution in [1.29, 1.82) is 0 Å². The van der Waals surface area contributed by atoms with Crippen LogP contribution in [0.2, 0.25) is 0 Å². The van der Waals surface area contributed by atoms with Gasteiger partial charge in [-0.25, -0.2) is 4.68 Å². The number of rotatable bonds is 3. The molecule has 1 aromatic carbocycles. The standard InChI is InChI=1S/C14H13F3N4OS/c1-20-12(22)8-23-13(20)11-7-21(19-18-11)6-9-3-2-4-10(5-9)14(15,16)17/h2-5,7,13H,6,8H2,1H3/t13-/m0/s1. The molecule has 0 spiro atoms. The van der Waals surface area contributed by atoms with Crippen molar-refractivity contribution < 1.29 is 18.0 Å². The van der Waals surface area contributed by atoms with Crippen molar-refractivity contribution in [2.75, 3.05) is 12.8 Å². The molecule has 0 N–H and O–H groups in total. The third-order valence-corrected chi connectivity index (χ3v) is 4.81. The largest absolute Gasteiger partial charge is 0.416 e. The molecule has 9 heteroatoms. The van der Waals surface area contributed by atoms with E-state index in [0.717, 1.165) is 12.1 Å². The van der Waals surface area contributed by atoms with E-state index in [4.69, 9.17) is 0 Å². The van der Waals surface area contributed by atoms with E-state index < -0.39 is 11.7 Å². The summed E-state index contributed by atoms with van der Waals surface area (Å²) in [4.78, 5) is 13.1. The number of carbonyl (C=O) groups excluding carboxylic acids is 1. The van der Waals surface area contributed by atoms with Crippen LogP contribution in [0.5, 0.6) is 0 Å². The van der Waals surface area contributed by atoms with Gasteiger partial charge in [0.05, 0.1) is 24.1 Å². The smallest absolute Gasteiger partial charge is 0.327 e. The van der Waals surface area contributed by atoms with Crippen molar-refractivity contribution in [1.82, 2.24) is 19.9 Å². The van der Waals surface area contributed by atoms with Gasteiger partial charge in [0.2, 0.25) is 5.91 Å². The average Bonchev–Trinajstić information content (AvgIpc) is 3.07. The predicted molar refractivity (Wildman–Crippen MR) is 78.5 cm³/mol. The molecule has 122 valence electrons. The number of amides is 1. The zero-order chi connectivity index (χ0) is 16.6. The lowest BCUT2D eigenvalue weighted by Gasteiger charge is -2.15. The number of hydrogen-bond donors (Lipinski definition) is 0. The molecular weight excluding hydrogens is 329 g/mol. The first-order valence-corrected chi connectivity index (χ1v) is 7.83. The van der Waals surface area contributed by atoms with Crippen molar-refractivity contribution in [2.45, 2.75) is 18.1 Å². The lowest BCUT2D eigenvalue weighted by atomic mass is 10.1. The summed E-state index contributed by atoms with van der Waals surface area (Å²) in [6.07, 6.45) is -2.71. The highest BCUT2D eigenvalue weighted by atomic mass is 32.2. The maximum absolute atomic E-state index is 12.7. The Balaban J connectivity index is 1.76. The summed E-state index contributed by atoms with van der Waals surface area (Å²) in [6, 6.07) is 5.11. The molecule has 0 bridgehead atoms. The number of carbonyl (C=O) groups is 1. The van der Waals surface area contributed by atoms with Crippen molar-refractivity contribution in [2.24, 2.45) is 0 Å². The van der Waals surface area contributed by atoms with Crippen LogP contribution in [0.4, 0.5) is 13.2 Å². The van der Waals surface area contributed by atoms with E-state index in [9.17, 15) is 18.0 Å². The zero-order valence-electron chi connectivity index (χ0n) is 12.1. The molecule has 1 aliphatic heterocycles. The summed E-state index contributed by atoms with van der Waals surface area (Å²) < 4.78 is 39.6. The minimum atomic E-state index is -4.37. The average molecular weight is 342 g/mol. The maximum Gasteiger partial charge on any atom is 0.416 e. The van der Waals surface area contributed by atoms with Gasteiger partial charge in [-0.2, -0.15) is 13.2 Å². The molecule has 1 aliphatic rings. The van der Waals surface area contributed by atoms with E-state index >= 15 is 0 Å². The Morgan fingerprint density at radius 3 is 2.83 bits per heavy atom. The Morgan fingerprint density at radius 2 is 2.17 bits per heavy atom. The van der Waals surface area contributed by atoms with Crippen LogP contribution >= 0.6 is 11.8 Å². The second kappa shape index (κ2) is 5.88. The van der Waals surface area contributed by atoms with Gasteiger partial charge in [-0.15, -0.1) is 16.9 Å². The fraction of sp³-hybridized carbons (Fsp3) is 0.357. The highest BCUT2D eigenvalue weighted by Gasteiger charge is 2.32. The van der Waals surface area contributed by atoms with Crippen LogP contribution in [0.3, 0.4) is 0 Å². The lowest BCUT2D eigenvalue weighted by Crippen LogP contribution is -2.23. The number of thioether (sulfide) groups is 1. The maximum atomic E-state index is 12.7. The van der Waals surface area contributed by atoms with Crippen LogP contribution in [0.15, 0.2) is 30.5 Å². The zero-order valence-corrected chi connectivity index (χ0v) is 12.9. The topological polar surface area (TPSA) is 51.0 Å². The Bertz CT molecular complexity index is 731. The van der Waals surface area contributed by atoms with Crippen LogP contribution in [0, 0.1) is 0 Å². The van der Waals surface area contributed by atoms with Gasteiger partial charge < -0.3 is 4.90 Å². The Hall–Kier alpha value is -2.03. The summed E-state index contributed by atoms with van der Waals surface area (Å²) in [7, 11) is 1.69. The molecule has 5 nitrogen and oxygen atoms in total. The highest BCUT2D eigenvalue weighted by molar-refractivity contribution is 8.00. The van der Waals surface area contributed by atoms with Gasteiger partial charge in [0.15, 0.2) is 0 Å². The molecule has 1 atom stereocenters. The van der Waals surface area contributed by atoms with Crippen LogP contribution in [-0.2, 0) is 17.5 Å². The van der Waals surface area contributed by atoms with Gasteiger partial charge in [-0.1, -0.05) is 17.3 Å². The molecule has 0 unspecified atom stereocenters. The van der Waals surface area contributed by atoms with Crippen LogP contribution in [0.25, 0.3) is 0 Å². The third kappa shape index (κ3) is 3.34. The van der Waals surface area contributed by atoms with Gasteiger partial charge >= 0.3 is 6.18 Å². The summed E-state index contributed by atoms with van der Waals surface area (Å²) in [5, 5.41) is 7.77. The van der Waals surface area contributed by atoms with Crippen LogP contribution < -0.4 is 0 Å². The number of halogens is 3. The third-order valence-electron chi connectivity index (χ3n) is 3.52. The molecule has 1 saturated heterocycles. The molecule has 1 aromatic heterocycles. The van der Waals surface area contributed by atoms with Crippen molar-refractivity contribution in [3.05, 3.63) is 47.3 Å². The first-order chi connectivity index (χ1) is 10.8. The monoisotopic (exact) mass is 342 g/mol. The number of nitrogens with zero attached hydrogens (tertiary/aromatic N) is 4. The Labute approximate surface area is 134 Å². The molecule has 0 radical (unpaired) electrons. The SMILES string of the molecule is CN1C(=O)CS[C@H]1c1cn(Cc2cccc(C(F)(F)F)c2)nn1. The van der Waals surface area contributed by atoms with Gasteiger partial charge in [-0.3, -0.25) is 4.79 Å². The predicted octanol–water partition coefficient (Wildman–Crippen LogP) is 2.55. The van der Waals surface area contributed by atoms with Crippen molar-refractivity contribution in [3.63, 3.8) is 0 Å². The summed E-state index contributed by atoms with van der Waals surface area (Å²) in [5.41, 5.74) is 0.419. The van der Waals surface area contributed by atoms with E-state index in [1.54, 1.807) is 24.2 Å². The van der Waals surface area contributed by atoms with Gasteiger partial charge in [-0.05, 0) is 17.7 Å². The number of aromatic nitrogens is 3. The van der Waals surface area contributed by atoms with E-state index in [2.05, 4.69) is 10.3 Å². The second-order valence-corrected chi connectivity index (χ2v) is 6.28. The number of benzene rings is 1. The van der Waals surface area contributed by atoms with E-state index in [-0.39, 0.29) is 17.8 Å². The molecule has 1 amide bonds. The van der Waals surface area contributed by atoms with E-state index in [1.807, 2.05) is 0 Å². The fourth-order valence-electron chi connectivity index (χ4n) is 2.32. The summed E-state index contributed by atoms with van der Waals surface area (Å²) in [5.74, 6) is 0.411. The molecule has 0 saturated carbocycles. The molecular formula is C14H13F3N4OS. The minimum absolute atomic E-state index is 0.0208. The van der Waals surface area contributed by atoms with Gasteiger partial charge in [0.1, 0.15) is 11.1 Å². The second-order valence-electron chi connectivity index (χ2n) is 5.21. The van der Waals surface area contributed by atoms with Crippen LogP contribution in [-0.4, -0.2) is 38.6 Å². The molecule has 2 heterocycles. The quantitative estimate of drug-likeness (QED) is 0.860. The molecule has 2 aromatic rings. The van der Waals surface area contributed by atoms with Gasteiger partial charge in [0, 0.05) is 7.05 Å². The number of hydrogen-bond acceptors (Lipinski definition) is 4. The van der Waals surface area contributed by atoms with Crippen LogP contribution in [0.1, 0.15) is 22.2 Å². The first kappa shape index (κ1) is 15.9. The fourth-order valence-corrected chi connectivity index (χ4v) is 3.44. The lowest BCUT2D eigenvalue weighted by molar-refractivity contribution is -0.137. The molecule has 3 rings (SSSR count). The highest BCUT2D eigenvalue weighted by Crippen LogP contribution is 2.36. The van der Waals surface area contributed by atoms with E-state index in [1.165, 1.54) is 22.5 Å². The minimum Gasteiger partial charge on any atom is -0.327 e. The van der Waals surface area contributed by atoms with Gasteiger partial charge in [0.25, 0.3) is 0 Å². The Morgan fingerprint density at radius 1 is 1.39 bits per heavy atom. The Kier molecular flexibility index (Phi) is 4.05. The first-order valence-electron chi connectivity index (χ1n) is 6.78. The molecule has 1 fully saturated rings. The normalized spacial score (nSPS) is 18.7. The van der Waals surface area contributed by atoms with Crippen molar-refractivity contribution >= 4 is 17.7 Å². The number of alkyl halides is 3. The molecule has 0 aliphatic carbocycles. The summed E-state index contributed by atoms with van der Waals surface area (Å²) in [6.45, 7) is 0.186. The summed E-state index contributed by atoms with van der Waals surface area (Å²) >= 11 is 1.45. The van der Waals surface area contributed by atoms with Crippen molar-refractivity contribution in [3.8, 4) is 0 Å².